The summed E-state index contributed by atoms with van der Waals surface area (Å²) >= 11 is 1.42. The molecule has 7 nitrogen and oxygen atoms in total. The van der Waals surface area contributed by atoms with Crippen molar-refractivity contribution >= 4 is 49.5 Å². The van der Waals surface area contributed by atoms with Crippen LogP contribution in [0.3, 0.4) is 0 Å². The zero-order valence-electron chi connectivity index (χ0n) is 13.0. The van der Waals surface area contributed by atoms with Gasteiger partial charge in [0.1, 0.15) is 5.52 Å². The van der Waals surface area contributed by atoms with Gasteiger partial charge in [-0.1, -0.05) is 6.07 Å². The zero-order valence-corrected chi connectivity index (χ0v) is 14.7. The van der Waals surface area contributed by atoms with E-state index in [9.17, 15) is 9.00 Å². The molecule has 0 fully saturated rings. The van der Waals surface area contributed by atoms with Crippen molar-refractivity contribution in [1.82, 2.24) is 19.5 Å². The number of rotatable bonds is 4. The van der Waals surface area contributed by atoms with Gasteiger partial charge in [0.2, 0.25) is 0 Å². The summed E-state index contributed by atoms with van der Waals surface area (Å²) in [6.45, 7) is 0.550. The van der Waals surface area contributed by atoms with E-state index in [1.54, 1.807) is 12.6 Å². The fourth-order valence-corrected chi connectivity index (χ4v) is 4.27. The molecule has 126 valence electrons. The molecular weight excluding hydrogens is 360 g/mol. The van der Waals surface area contributed by atoms with E-state index in [1.165, 1.54) is 23.6 Å². The lowest BCUT2D eigenvalue weighted by Crippen LogP contribution is -2.01. The molecular formula is C16H12N4O3S2. The lowest BCUT2D eigenvalue weighted by molar-refractivity contribution is 0.0696. The molecule has 0 saturated heterocycles. The summed E-state index contributed by atoms with van der Waals surface area (Å²) in [7, 11) is -1.09. The Balaban J connectivity index is 1.69. The van der Waals surface area contributed by atoms with Crippen molar-refractivity contribution < 1.29 is 14.1 Å². The summed E-state index contributed by atoms with van der Waals surface area (Å²) in [6, 6.07) is 7.39. The first kappa shape index (κ1) is 15.9. The van der Waals surface area contributed by atoms with Crippen molar-refractivity contribution in [2.75, 3.05) is 6.26 Å². The zero-order chi connectivity index (χ0) is 17.6. The van der Waals surface area contributed by atoms with Crippen molar-refractivity contribution in [3.05, 3.63) is 47.9 Å². The second-order valence-corrected chi connectivity index (χ2v) is 8.06. The molecule has 0 aliphatic heterocycles. The van der Waals surface area contributed by atoms with Gasteiger partial charge in [-0.3, -0.25) is 4.21 Å². The van der Waals surface area contributed by atoms with Crippen LogP contribution in [0.25, 0.3) is 21.4 Å². The Morgan fingerprint density at radius 3 is 2.88 bits per heavy atom. The predicted octanol–water partition coefficient (Wildman–Crippen LogP) is 2.52. The first-order chi connectivity index (χ1) is 12.0. The third-order valence-corrected chi connectivity index (χ3v) is 6.08. The van der Waals surface area contributed by atoms with Crippen molar-refractivity contribution in [2.24, 2.45) is 0 Å². The Hall–Kier alpha value is -2.65. The minimum Gasteiger partial charge on any atom is -0.478 e. The number of carboxylic acids is 1. The SMILES string of the molecule is CS(=O)c1nc2ccc(Cn3cnc4cc(C(=O)O)cnc43)cc2s1. The van der Waals surface area contributed by atoms with Crippen LogP contribution < -0.4 is 0 Å². The van der Waals surface area contributed by atoms with E-state index in [0.717, 1.165) is 15.8 Å². The van der Waals surface area contributed by atoms with E-state index in [2.05, 4.69) is 15.0 Å². The molecule has 25 heavy (non-hydrogen) atoms. The molecule has 0 aliphatic carbocycles. The molecule has 4 aromatic rings. The highest BCUT2D eigenvalue weighted by atomic mass is 32.2. The van der Waals surface area contributed by atoms with Gasteiger partial charge in [-0.05, 0) is 23.8 Å². The molecule has 1 N–H and O–H groups in total. The Morgan fingerprint density at radius 1 is 1.28 bits per heavy atom. The number of thiazole rings is 1. The number of hydrogen-bond donors (Lipinski definition) is 1. The van der Waals surface area contributed by atoms with E-state index in [1.807, 2.05) is 22.8 Å². The van der Waals surface area contributed by atoms with Gasteiger partial charge in [0.15, 0.2) is 9.99 Å². The summed E-state index contributed by atoms with van der Waals surface area (Å²) in [4.78, 5) is 23.8. The molecule has 1 atom stereocenters. The number of fused-ring (bicyclic) bond motifs is 2. The van der Waals surface area contributed by atoms with Crippen LogP contribution in [0.15, 0.2) is 41.1 Å². The van der Waals surface area contributed by atoms with Gasteiger partial charge in [-0.2, -0.15) is 0 Å². The van der Waals surface area contributed by atoms with Gasteiger partial charge in [0.05, 0.1) is 39.5 Å². The maximum atomic E-state index is 11.6. The minimum absolute atomic E-state index is 0.115. The number of aromatic carboxylic acids is 1. The summed E-state index contributed by atoms with van der Waals surface area (Å²) in [5.74, 6) is -1.02. The third-order valence-electron chi connectivity index (χ3n) is 3.73. The summed E-state index contributed by atoms with van der Waals surface area (Å²) in [5.41, 5.74) is 3.16. The molecule has 0 amide bonds. The molecule has 0 bridgehead atoms. The quantitative estimate of drug-likeness (QED) is 0.591. The van der Waals surface area contributed by atoms with Crippen LogP contribution in [0.2, 0.25) is 0 Å². The fourth-order valence-electron chi connectivity index (χ4n) is 2.55. The Morgan fingerprint density at radius 2 is 2.12 bits per heavy atom. The van der Waals surface area contributed by atoms with Crippen LogP contribution in [0.5, 0.6) is 0 Å². The summed E-state index contributed by atoms with van der Waals surface area (Å²) < 4.78 is 15.0. The van der Waals surface area contributed by atoms with E-state index >= 15 is 0 Å². The summed E-state index contributed by atoms with van der Waals surface area (Å²) in [5, 5.41) is 9.03. The first-order valence-electron chi connectivity index (χ1n) is 7.28. The summed E-state index contributed by atoms with van der Waals surface area (Å²) in [6.07, 6.45) is 4.60. The number of carboxylic acid groups (broad SMARTS) is 1. The average molecular weight is 372 g/mol. The molecule has 0 radical (unpaired) electrons. The number of benzene rings is 1. The van der Waals surface area contributed by atoms with Gasteiger partial charge in [-0.25, -0.2) is 19.7 Å². The molecule has 3 aromatic heterocycles. The van der Waals surface area contributed by atoms with Crippen molar-refractivity contribution in [3.8, 4) is 0 Å². The van der Waals surface area contributed by atoms with Crippen LogP contribution >= 0.6 is 11.3 Å². The number of aromatic nitrogens is 4. The maximum absolute atomic E-state index is 11.6. The molecule has 1 unspecified atom stereocenters. The van der Waals surface area contributed by atoms with Gasteiger partial charge in [0, 0.05) is 12.5 Å². The standard InChI is InChI=1S/C16H12N4O3S2/c1-25(23)16-19-11-3-2-9(4-13(11)24-16)7-20-8-18-12-5-10(15(21)22)6-17-14(12)20/h2-6,8H,7H2,1H3,(H,21,22). The van der Waals surface area contributed by atoms with Crippen molar-refractivity contribution in [1.29, 1.82) is 0 Å². The third kappa shape index (κ3) is 2.92. The van der Waals surface area contributed by atoms with E-state index < -0.39 is 16.8 Å². The van der Waals surface area contributed by atoms with E-state index in [-0.39, 0.29) is 5.56 Å². The second kappa shape index (κ2) is 6.01. The van der Waals surface area contributed by atoms with Gasteiger partial charge < -0.3 is 9.67 Å². The molecule has 9 heteroatoms. The van der Waals surface area contributed by atoms with E-state index in [4.69, 9.17) is 5.11 Å². The van der Waals surface area contributed by atoms with Crippen molar-refractivity contribution in [3.63, 3.8) is 0 Å². The van der Waals surface area contributed by atoms with Crippen LogP contribution in [-0.2, 0) is 17.3 Å². The molecule has 0 saturated carbocycles. The molecule has 0 aliphatic rings. The minimum atomic E-state index is -1.09. The van der Waals surface area contributed by atoms with Crippen molar-refractivity contribution in [2.45, 2.75) is 10.9 Å². The van der Waals surface area contributed by atoms with Crippen LogP contribution in [-0.4, -0.2) is 41.1 Å². The largest absolute Gasteiger partial charge is 0.478 e. The Bertz CT molecular complexity index is 1150. The van der Waals surface area contributed by atoms with Crippen LogP contribution in [0.1, 0.15) is 15.9 Å². The highest BCUT2D eigenvalue weighted by Crippen LogP contribution is 2.25. The van der Waals surface area contributed by atoms with Gasteiger partial charge >= 0.3 is 5.97 Å². The maximum Gasteiger partial charge on any atom is 0.337 e. The second-order valence-electron chi connectivity index (χ2n) is 5.48. The number of imidazole rings is 1. The number of carbonyl (C=O) groups is 1. The topological polar surface area (TPSA) is 98.0 Å². The predicted molar refractivity (Wildman–Crippen MR) is 95.5 cm³/mol. The number of hydrogen-bond acceptors (Lipinski definition) is 6. The monoisotopic (exact) mass is 372 g/mol. The molecule has 4 rings (SSSR count). The number of pyridine rings is 1. The Kier molecular flexibility index (Phi) is 3.81. The first-order valence-corrected chi connectivity index (χ1v) is 9.66. The molecule has 3 heterocycles. The normalized spacial score (nSPS) is 12.7. The van der Waals surface area contributed by atoms with E-state index in [0.29, 0.717) is 22.0 Å². The van der Waals surface area contributed by atoms with Crippen LogP contribution in [0, 0.1) is 0 Å². The highest BCUT2D eigenvalue weighted by Gasteiger charge is 2.11. The van der Waals surface area contributed by atoms with Gasteiger partial charge in [0.25, 0.3) is 0 Å². The molecule has 1 aromatic carbocycles. The molecule has 0 spiro atoms. The fraction of sp³-hybridized carbons (Fsp3) is 0.125. The smallest absolute Gasteiger partial charge is 0.337 e. The van der Waals surface area contributed by atoms with Gasteiger partial charge in [-0.15, -0.1) is 11.3 Å². The number of nitrogens with zero attached hydrogens (tertiary/aromatic N) is 4. The average Bonchev–Trinajstić information content (AvgIpc) is 3.18. The Labute approximate surface area is 148 Å². The van der Waals surface area contributed by atoms with Crippen LogP contribution in [0.4, 0.5) is 0 Å². The highest BCUT2D eigenvalue weighted by molar-refractivity contribution is 7.86. The lowest BCUT2D eigenvalue weighted by Gasteiger charge is -2.04. The lowest BCUT2D eigenvalue weighted by atomic mass is 10.2.